The van der Waals surface area contributed by atoms with Crippen molar-refractivity contribution in [2.75, 3.05) is 19.7 Å². The quantitative estimate of drug-likeness (QED) is 0.746. The average Bonchev–Trinajstić information content (AvgIpc) is 2.55. The van der Waals surface area contributed by atoms with Crippen molar-refractivity contribution < 1.29 is 14.7 Å². The van der Waals surface area contributed by atoms with Crippen LogP contribution >= 0.6 is 0 Å². The van der Waals surface area contributed by atoms with Crippen molar-refractivity contribution in [3.63, 3.8) is 0 Å². The Hall–Kier alpha value is -2.67. The van der Waals surface area contributed by atoms with Crippen molar-refractivity contribution in [3.8, 4) is 0 Å². The summed E-state index contributed by atoms with van der Waals surface area (Å²) in [5.41, 5.74) is 1.34. The summed E-state index contributed by atoms with van der Waals surface area (Å²) in [6.45, 7) is 2.30. The Bertz CT molecular complexity index is 859. The number of nitrogens with zero attached hydrogens (tertiary/aromatic N) is 1. The molecule has 7 nitrogen and oxygen atoms in total. The summed E-state index contributed by atoms with van der Waals surface area (Å²) in [6, 6.07) is 5.74. The highest BCUT2D eigenvalue weighted by Crippen LogP contribution is 2.19. The van der Waals surface area contributed by atoms with Gasteiger partial charge in [0.05, 0.1) is 11.1 Å². The molecule has 0 bridgehead atoms. The van der Waals surface area contributed by atoms with Gasteiger partial charge >= 0.3 is 0 Å². The zero-order valence-electron chi connectivity index (χ0n) is 13.3. The van der Waals surface area contributed by atoms with E-state index >= 15 is 0 Å². The third kappa shape index (κ3) is 2.78. The molecule has 2 amide bonds. The van der Waals surface area contributed by atoms with Crippen molar-refractivity contribution in [1.82, 2.24) is 15.2 Å². The molecule has 1 aromatic carbocycles. The van der Waals surface area contributed by atoms with Gasteiger partial charge in [-0.1, -0.05) is 6.07 Å². The third-order valence-corrected chi connectivity index (χ3v) is 4.22. The first-order chi connectivity index (χ1) is 11.5. The summed E-state index contributed by atoms with van der Waals surface area (Å²) in [5.74, 6) is -0.594. The van der Waals surface area contributed by atoms with Crippen LogP contribution < -0.4 is 10.7 Å². The number of aryl methyl sites for hydroxylation is 1. The first-order valence-corrected chi connectivity index (χ1v) is 7.85. The zero-order chi connectivity index (χ0) is 17.3. The number of carbonyl (C=O) groups excluding carboxylic acids is 2. The Labute approximate surface area is 138 Å². The summed E-state index contributed by atoms with van der Waals surface area (Å²) < 4.78 is 0. The van der Waals surface area contributed by atoms with Crippen molar-refractivity contribution in [2.24, 2.45) is 0 Å². The van der Waals surface area contributed by atoms with E-state index in [1.165, 1.54) is 11.0 Å². The van der Waals surface area contributed by atoms with Crippen molar-refractivity contribution in [3.05, 3.63) is 45.7 Å². The fraction of sp³-hybridized carbons (Fsp3) is 0.353. The number of aliphatic hydroxyl groups excluding tert-OH is 1. The average molecular weight is 329 g/mol. The highest BCUT2D eigenvalue weighted by Gasteiger charge is 2.33. The summed E-state index contributed by atoms with van der Waals surface area (Å²) in [6.07, 6.45) is 0.178. The van der Waals surface area contributed by atoms with Crippen LogP contribution in [0.3, 0.4) is 0 Å². The summed E-state index contributed by atoms with van der Waals surface area (Å²) in [7, 11) is 0. The Morgan fingerprint density at radius 3 is 2.92 bits per heavy atom. The molecule has 0 saturated carbocycles. The molecular formula is C17H19N3O4. The molecule has 1 aromatic heterocycles. The van der Waals surface area contributed by atoms with Crippen LogP contribution in [0.4, 0.5) is 0 Å². The maximum atomic E-state index is 13.0. The van der Waals surface area contributed by atoms with E-state index < -0.39 is 6.04 Å². The fourth-order valence-electron chi connectivity index (χ4n) is 3.10. The number of aromatic amines is 1. The minimum atomic E-state index is -0.706. The van der Waals surface area contributed by atoms with Gasteiger partial charge in [-0.15, -0.1) is 0 Å². The van der Waals surface area contributed by atoms with E-state index in [1.807, 2.05) is 0 Å². The topological polar surface area (TPSA) is 102 Å². The van der Waals surface area contributed by atoms with Gasteiger partial charge in [-0.2, -0.15) is 0 Å². The van der Waals surface area contributed by atoms with E-state index in [2.05, 4.69) is 10.3 Å². The number of rotatable bonds is 3. The number of benzene rings is 1. The number of H-pyrrole nitrogens is 1. The number of amides is 2. The highest BCUT2D eigenvalue weighted by molar-refractivity contribution is 6.07. The van der Waals surface area contributed by atoms with Gasteiger partial charge in [0, 0.05) is 36.8 Å². The second-order valence-electron chi connectivity index (χ2n) is 5.86. The van der Waals surface area contributed by atoms with Gasteiger partial charge in [0.15, 0.2) is 5.43 Å². The zero-order valence-corrected chi connectivity index (χ0v) is 13.3. The number of hydrogen-bond acceptors (Lipinski definition) is 4. The number of nitrogens with one attached hydrogen (secondary N) is 2. The van der Waals surface area contributed by atoms with E-state index in [0.717, 1.165) is 0 Å². The van der Waals surface area contributed by atoms with E-state index in [-0.39, 0.29) is 30.3 Å². The van der Waals surface area contributed by atoms with Crippen LogP contribution in [0.25, 0.3) is 10.9 Å². The minimum Gasteiger partial charge on any atom is -0.396 e. The maximum Gasteiger partial charge on any atom is 0.256 e. The summed E-state index contributed by atoms with van der Waals surface area (Å²) >= 11 is 0. The van der Waals surface area contributed by atoms with Gasteiger partial charge in [0.25, 0.3) is 5.91 Å². The molecule has 24 heavy (non-hydrogen) atoms. The van der Waals surface area contributed by atoms with E-state index in [9.17, 15) is 19.5 Å². The largest absolute Gasteiger partial charge is 0.396 e. The number of para-hydroxylation sites is 1. The molecule has 2 heterocycles. The molecule has 1 saturated heterocycles. The van der Waals surface area contributed by atoms with Crippen LogP contribution in [-0.4, -0.2) is 52.5 Å². The molecule has 1 atom stereocenters. The molecule has 1 fully saturated rings. The lowest BCUT2D eigenvalue weighted by Gasteiger charge is -2.35. The van der Waals surface area contributed by atoms with Gasteiger partial charge in [0.2, 0.25) is 5.91 Å². The van der Waals surface area contributed by atoms with Crippen LogP contribution in [0.2, 0.25) is 0 Å². The number of pyridine rings is 1. The number of carbonyl (C=O) groups is 2. The lowest BCUT2D eigenvalue weighted by atomic mass is 10.0. The summed E-state index contributed by atoms with van der Waals surface area (Å²) in [5, 5.41) is 12.3. The minimum absolute atomic E-state index is 0.154. The van der Waals surface area contributed by atoms with Crippen LogP contribution in [0.1, 0.15) is 22.5 Å². The third-order valence-electron chi connectivity index (χ3n) is 4.22. The lowest BCUT2D eigenvalue weighted by Crippen LogP contribution is -2.57. The Morgan fingerprint density at radius 2 is 2.17 bits per heavy atom. The van der Waals surface area contributed by atoms with Crippen molar-refractivity contribution in [1.29, 1.82) is 0 Å². The molecule has 1 aliphatic rings. The standard InChI is InChI=1S/C17H19N3O4/c1-10-9-14(22)11-3-2-4-12(15(11)19-10)17(24)20-7-6-18-16(23)13(20)5-8-21/h2-4,9,13,21H,5-8H2,1H3,(H,18,23)(H,19,22)/t13-/m1/s1. The molecular weight excluding hydrogens is 310 g/mol. The lowest BCUT2D eigenvalue weighted by molar-refractivity contribution is -0.128. The number of hydrogen-bond donors (Lipinski definition) is 3. The number of aromatic nitrogens is 1. The Kier molecular flexibility index (Phi) is 4.35. The first-order valence-electron chi connectivity index (χ1n) is 7.85. The molecule has 3 N–H and O–H groups in total. The molecule has 0 spiro atoms. The molecule has 0 unspecified atom stereocenters. The van der Waals surface area contributed by atoms with Gasteiger partial charge in [-0.25, -0.2) is 0 Å². The van der Waals surface area contributed by atoms with Gasteiger partial charge in [0.1, 0.15) is 6.04 Å². The molecule has 126 valence electrons. The van der Waals surface area contributed by atoms with E-state index in [0.29, 0.717) is 35.2 Å². The smallest absolute Gasteiger partial charge is 0.256 e. The molecule has 0 radical (unpaired) electrons. The van der Waals surface area contributed by atoms with Gasteiger partial charge < -0.3 is 20.3 Å². The molecule has 2 aromatic rings. The van der Waals surface area contributed by atoms with E-state index in [1.54, 1.807) is 25.1 Å². The van der Waals surface area contributed by atoms with Crippen LogP contribution in [0.15, 0.2) is 29.1 Å². The number of aliphatic hydroxyl groups is 1. The first kappa shape index (κ1) is 16.2. The van der Waals surface area contributed by atoms with Gasteiger partial charge in [-0.3, -0.25) is 14.4 Å². The monoisotopic (exact) mass is 329 g/mol. The van der Waals surface area contributed by atoms with Crippen molar-refractivity contribution in [2.45, 2.75) is 19.4 Å². The van der Waals surface area contributed by atoms with Gasteiger partial charge in [-0.05, 0) is 25.5 Å². The van der Waals surface area contributed by atoms with Crippen LogP contribution in [-0.2, 0) is 4.79 Å². The predicted molar refractivity (Wildman–Crippen MR) is 88.8 cm³/mol. The molecule has 1 aliphatic heterocycles. The number of piperazine rings is 1. The van der Waals surface area contributed by atoms with Crippen LogP contribution in [0, 0.1) is 6.92 Å². The Balaban J connectivity index is 2.08. The second-order valence-corrected chi connectivity index (χ2v) is 5.86. The van der Waals surface area contributed by atoms with Crippen molar-refractivity contribution >= 4 is 22.7 Å². The number of fused-ring (bicyclic) bond motifs is 1. The molecule has 7 heteroatoms. The second kappa shape index (κ2) is 6.45. The van der Waals surface area contributed by atoms with Crippen LogP contribution in [0.5, 0.6) is 0 Å². The fourth-order valence-corrected chi connectivity index (χ4v) is 3.10. The SMILES string of the molecule is Cc1cc(=O)c2cccc(C(=O)N3CCNC(=O)[C@H]3CCO)c2[nH]1. The normalized spacial score (nSPS) is 17.8. The maximum absolute atomic E-state index is 13.0. The molecule has 3 rings (SSSR count). The highest BCUT2D eigenvalue weighted by atomic mass is 16.3. The molecule has 0 aliphatic carbocycles. The summed E-state index contributed by atoms with van der Waals surface area (Å²) in [4.78, 5) is 41.7. The van der Waals surface area contributed by atoms with E-state index in [4.69, 9.17) is 0 Å². The predicted octanol–water partition coefficient (Wildman–Crippen LogP) is 0.160. The Morgan fingerprint density at radius 1 is 1.38 bits per heavy atom.